The molecular weight excluding hydrogens is 362 g/mol. The third kappa shape index (κ3) is 4.17. The van der Waals surface area contributed by atoms with E-state index in [9.17, 15) is 4.79 Å². The summed E-state index contributed by atoms with van der Waals surface area (Å²) in [5, 5.41) is 3.90. The minimum Gasteiger partial charge on any atom is -0.350 e. The molecule has 0 saturated heterocycles. The molecule has 0 aliphatic heterocycles. The Morgan fingerprint density at radius 1 is 1.42 bits per heavy atom. The van der Waals surface area contributed by atoms with Crippen LogP contribution in [0.3, 0.4) is 0 Å². The zero-order valence-corrected chi connectivity index (χ0v) is 16.5. The van der Waals surface area contributed by atoms with Crippen molar-refractivity contribution in [1.82, 2.24) is 15.2 Å². The maximum atomic E-state index is 12.5. The summed E-state index contributed by atoms with van der Waals surface area (Å²) < 4.78 is 0.734. The van der Waals surface area contributed by atoms with E-state index in [1.807, 2.05) is 19.1 Å². The predicted molar refractivity (Wildman–Crippen MR) is 102 cm³/mol. The van der Waals surface area contributed by atoms with Crippen molar-refractivity contribution in [2.24, 2.45) is 0 Å². The molecule has 1 amide bonds. The Morgan fingerprint density at radius 3 is 2.75 bits per heavy atom. The fraction of sp³-hybridized carbons (Fsp3) is 0.529. The average molecular weight is 384 g/mol. The van der Waals surface area contributed by atoms with Gasteiger partial charge in [0, 0.05) is 25.2 Å². The van der Waals surface area contributed by atoms with Gasteiger partial charge >= 0.3 is 0 Å². The predicted octanol–water partition coefficient (Wildman–Crippen LogP) is 4.44. The molecule has 130 valence electrons. The van der Waals surface area contributed by atoms with E-state index >= 15 is 0 Å². The second-order valence-electron chi connectivity index (χ2n) is 6.36. The molecule has 0 bridgehead atoms. The zero-order chi connectivity index (χ0) is 17.3. The first-order chi connectivity index (χ1) is 11.5. The highest BCUT2D eigenvalue weighted by molar-refractivity contribution is 7.24. The van der Waals surface area contributed by atoms with Crippen molar-refractivity contribution in [3.8, 4) is 9.88 Å². The standard InChI is InChI=1S/C17H22ClN3OS2/c1-10(2)21(12-4-5-12)9-8-19-16(22)15-11(3)20-17(24-15)13-6-7-14(18)23-13/h6-7,10,12H,4-5,8-9H2,1-3H3,(H,19,22). The quantitative estimate of drug-likeness (QED) is 0.768. The second kappa shape index (κ2) is 7.52. The Morgan fingerprint density at radius 2 is 2.17 bits per heavy atom. The molecule has 0 spiro atoms. The first-order valence-corrected chi connectivity index (χ1v) is 10.2. The fourth-order valence-electron chi connectivity index (χ4n) is 2.79. The highest BCUT2D eigenvalue weighted by atomic mass is 35.5. The number of aromatic nitrogens is 1. The highest BCUT2D eigenvalue weighted by Crippen LogP contribution is 2.35. The van der Waals surface area contributed by atoms with E-state index in [1.165, 1.54) is 35.5 Å². The Labute approximate surface area is 155 Å². The van der Waals surface area contributed by atoms with Crippen LogP contribution in [0.15, 0.2) is 12.1 Å². The number of nitrogens with zero attached hydrogens (tertiary/aromatic N) is 2. The first kappa shape index (κ1) is 17.9. The number of hydrogen-bond donors (Lipinski definition) is 1. The van der Waals surface area contributed by atoms with Crippen molar-refractivity contribution < 1.29 is 4.79 Å². The molecule has 0 atom stereocenters. The third-order valence-corrected chi connectivity index (χ3v) is 6.68. The van der Waals surface area contributed by atoms with Crippen molar-refractivity contribution in [3.63, 3.8) is 0 Å². The Balaban J connectivity index is 1.60. The molecule has 0 radical (unpaired) electrons. The summed E-state index contributed by atoms with van der Waals surface area (Å²) in [7, 11) is 0. The van der Waals surface area contributed by atoms with Crippen molar-refractivity contribution in [2.45, 2.75) is 45.7 Å². The van der Waals surface area contributed by atoms with E-state index in [2.05, 4.69) is 29.0 Å². The second-order valence-corrected chi connectivity index (χ2v) is 9.07. The van der Waals surface area contributed by atoms with Gasteiger partial charge in [-0.25, -0.2) is 4.98 Å². The summed E-state index contributed by atoms with van der Waals surface area (Å²) >= 11 is 8.90. The summed E-state index contributed by atoms with van der Waals surface area (Å²) in [6.45, 7) is 7.89. The van der Waals surface area contributed by atoms with E-state index in [4.69, 9.17) is 11.6 Å². The molecule has 1 saturated carbocycles. The van der Waals surface area contributed by atoms with Crippen LogP contribution in [0, 0.1) is 6.92 Å². The van der Waals surface area contributed by atoms with E-state index in [0.29, 0.717) is 23.5 Å². The summed E-state index contributed by atoms with van der Waals surface area (Å²) in [5.74, 6) is -0.0293. The molecule has 2 aromatic rings. The monoisotopic (exact) mass is 383 g/mol. The van der Waals surface area contributed by atoms with Crippen LogP contribution < -0.4 is 5.32 Å². The van der Waals surface area contributed by atoms with E-state index < -0.39 is 0 Å². The van der Waals surface area contributed by atoms with Crippen molar-refractivity contribution in [1.29, 1.82) is 0 Å². The third-order valence-electron chi connectivity index (χ3n) is 4.12. The van der Waals surface area contributed by atoms with Gasteiger partial charge in [0.25, 0.3) is 5.91 Å². The smallest absolute Gasteiger partial charge is 0.263 e. The topological polar surface area (TPSA) is 45.2 Å². The molecule has 3 rings (SSSR count). The van der Waals surface area contributed by atoms with Gasteiger partial charge in [-0.2, -0.15) is 0 Å². The van der Waals surface area contributed by atoms with Crippen LogP contribution in [0.5, 0.6) is 0 Å². The van der Waals surface area contributed by atoms with E-state index in [1.54, 1.807) is 0 Å². The van der Waals surface area contributed by atoms with E-state index in [0.717, 1.165) is 26.5 Å². The lowest BCUT2D eigenvalue weighted by Crippen LogP contribution is -2.39. The van der Waals surface area contributed by atoms with Gasteiger partial charge < -0.3 is 5.32 Å². The number of carbonyl (C=O) groups excluding carboxylic acids is 1. The first-order valence-electron chi connectivity index (χ1n) is 8.22. The molecule has 24 heavy (non-hydrogen) atoms. The number of thiazole rings is 1. The lowest BCUT2D eigenvalue weighted by molar-refractivity contribution is 0.0947. The molecular formula is C17H22ClN3OS2. The van der Waals surface area contributed by atoms with Gasteiger partial charge in [0.15, 0.2) is 0 Å². The molecule has 0 unspecified atom stereocenters. The molecule has 0 aromatic carbocycles. The summed E-state index contributed by atoms with van der Waals surface area (Å²) in [4.78, 5) is 21.2. The van der Waals surface area contributed by atoms with Crippen LogP contribution in [0.25, 0.3) is 9.88 Å². The number of thiophene rings is 1. The Bertz CT molecular complexity index is 719. The maximum absolute atomic E-state index is 12.5. The lowest BCUT2D eigenvalue weighted by atomic mass is 10.3. The van der Waals surface area contributed by atoms with Gasteiger partial charge in [-0.1, -0.05) is 11.6 Å². The Kier molecular flexibility index (Phi) is 5.59. The van der Waals surface area contributed by atoms with Gasteiger partial charge in [-0.05, 0) is 45.7 Å². The van der Waals surface area contributed by atoms with Crippen molar-refractivity contribution in [2.75, 3.05) is 13.1 Å². The maximum Gasteiger partial charge on any atom is 0.263 e. The van der Waals surface area contributed by atoms with Gasteiger partial charge in [0.05, 0.1) is 14.9 Å². The fourth-order valence-corrected chi connectivity index (χ4v) is 4.87. The number of hydrogen-bond acceptors (Lipinski definition) is 5. The zero-order valence-electron chi connectivity index (χ0n) is 14.1. The van der Waals surface area contributed by atoms with Crippen LogP contribution in [0.2, 0.25) is 4.34 Å². The molecule has 1 N–H and O–H groups in total. The largest absolute Gasteiger partial charge is 0.350 e. The molecule has 1 fully saturated rings. The number of aryl methyl sites for hydroxylation is 1. The minimum atomic E-state index is -0.0293. The molecule has 1 aliphatic rings. The lowest BCUT2D eigenvalue weighted by Gasteiger charge is -2.26. The molecule has 1 aliphatic carbocycles. The van der Waals surface area contributed by atoms with Crippen molar-refractivity contribution in [3.05, 3.63) is 27.0 Å². The summed E-state index contributed by atoms with van der Waals surface area (Å²) in [5.41, 5.74) is 0.778. The average Bonchev–Trinajstić information content (AvgIpc) is 3.14. The van der Waals surface area contributed by atoms with Gasteiger partial charge in [0.1, 0.15) is 9.88 Å². The van der Waals surface area contributed by atoms with Crippen LogP contribution in [0.4, 0.5) is 0 Å². The summed E-state index contributed by atoms with van der Waals surface area (Å²) in [6.07, 6.45) is 2.57. The molecule has 7 heteroatoms. The van der Waals surface area contributed by atoms with Gasteiger partial charge in [-0.15, -0.1) is 22.7 Å². The highest BCUT2D eigenvalue weighted by Gasteiger charge is 2.30. The number of halogens is 1. The van der Waals surface area contributed by atoms with Crippen LogP contribution >= 0.6 is 34.3 Å². The van der Waals surface area contributed by atoms with E-state index in [-0.39, 0.29) is 5.91 Å². The number of amides is 1. The normalized spacial score (nSPS) is 14.6. The number of nitrogens with one attached hydrogen (secondary N) is 1. The molecule has 2 heterocycles. The molecule has 2 aromatic heterocycles. The van der Waals surface area contributed by atoms with Crippen LogP contribution in [-0.2, 0) is 0 Å². The Hall–Kier alpha value is -0.950. The number of rotatable bonds is 7. The van der Waals surface area contributed by atoms with Gasteiger partial charge in [-0.3, -0.25) is 9.69 Å². The van der Waals surface area contributed by atoms with Crippen LogP contribution in [0.1, 0.15) is 42.1 Å². The number of carbonyl (C=O) groups is 1. The van der Waals surface area contributed by atoms with Crippen molar-refractivity contribution >= 4 is 40.2 Å². The van der Waals surface area contributed by atoms with Crippen LogP contribution in [-0.4, -0.2) is 41.0 Å². The minimum absolute atomic E-state index is 0.0293. The molecule has 4 nitrogen and oxygen atoms in total. The van der Waals surface area contributed by atoms with Gasteiger partial charge in [0.2, 0.25) is 0 Å². The SMILES string of the molecule is Cc1nc(-c2ccc(Cl)s2)sc1C(=O)NCCN(C(C)C)C1CC1. The summed E-state index contributed by atoms with van der Waals surface area (Å²) in [6, 6.07) is 5.04.